The van der Waals surface area contributed by atoms with Gasteiger partial charge in [0.05, 0.1) is 31.7 Å². The minimum atomic E-state index is -1.41. The molecule has 214 valence electrons. The Labute approximate surface area is 249 Å². The summed E-state index contributed by atoms with van der Waals surface area (Å²) in [5.74, 6) is -1.13. The predicted octanol–water partition coefficient (Wildman–Crippen LogP) is 5.99. The first-order chi connectivity index (χ1) is 20.9. The lowest BCUT2D eigenvalue weighted by Crippen LogP contribution is -2.49. The van der Waals surface area contributed by atoms with Crippen molar-refractivity contribution in [2.24, 2.45) is 5.92 Å². The number of fused-ring (bicyclic) bond motifs is 6. The van der Waals surface area contributed by atoms with Gasteiger partial charge in [0.2, 0.25) is 5.91 Å². The Hall–Kier alpha value is -5.17. The van der Waals surface area contributed by atoms with E-state index in [9.17, 15) is 9.59 Å². The van der Waals surface area contributed by atoms with Crippen molar-refractivity contribution in [3.8, 4) is 11.5 Å². The van der Waals surface area contributed by atoms with Gasteiger partial charge in [-0.1, -0.05) is 72.3 Å². The van der Waals surface area contributed by atoms with E-state index >= 15 is 4.79 Å². The molecule has 0 aromatic heterocycles. The average molecular weight is 571 g/mol. The highest BCUT2D eigenvalue weighted by atomic mass is 16.5. The smallest absolute Gasteiger partial charge is 0.238 e. The Bertz CT molecular complexity index is 1830. The number of aryl methyl sites for hydroxylation is 1. The second kappa shape index (κ2) is 9.98. The van der Waals surface area contributed by atoms with Crippen LogP contribution < -0.4 is 14.8 Å². The molecule has 4 aromatic rings. The summed E-state index contributed by atoms with van der Waals surface area (Å²) in [7, 11) is 3.03. The van der Waals surface area contributed by atoms with Gasteiger partial charge in [0, 0.05) is 23.5 Å². The lowest BCUT2D eigenvalue weighted by Gasteiger charge is -2.38. The van der Waals surface area contributed by atoms with Gasteiger partial charge >= 0.3 is 0 Å². The molecular formula is C36H30N2O5. The van der Waals surface area contributed by atoms with Crippen LogP contribution in [0.2, 0.25) is 0 Å². The largest absolute Gasteiger partial charge is 0.497 e. The molecule has 1 spiro atoms. The van der Waals surface area contributed by atoms with Crippen molar-refractivity contribution in [2.45, 2.75) is 24.4 Å². The van der Waals surface area contributed by atoms with Crippen molar-refractivity contribution in [1.82, 2.24) is 4.90 Å². The maximum atomic E-state index is 15.1. The molecule has 1 fully saturated rings. The monoisotopic (exact) mass is 570 g/mol. The fraction of sp³-hybridized carbons (Fsp3) is 0.194. The highest BCUT2D eigenvalue weighted by Crippen LogP contribution is 2.62. The molecule has 3 heterocycles. The van der Waals surface area contributed by atoms with Gasteiger partial charge in [-0.25, -0.2) is 0 Å². The first-order valence-electron chi connectivity index (χ1n) is 14.2. The molecule has 7 heteroatoms. The van der Waals surface area contributed by atoms with E-state index in [1.165, 1.54) is 7.11 Å². The summed E-state index contributed by atoms with van der Waals surface area (Å²) in [5.41, 5.74) is 3.53. The summed E-state index contributed by atoms with van der Waals surface area (Å²) in [4.78, 5) is 46.3. The van der Waals surface area contributed by atoms with Crippen LogP contribution in [0.15, 0.2) is 97.2 Å². The van der Waals surface area contributed by atoms with E-state index in [2.05, 4.69) is 5.32 Å². The van der Waals surface area contributed by atoms with Gasteiger partial charge in [-0.2, -0.15) is 0 Å². The average Bonchev–Trinajstić information content (AvgIpc) is 3.52. The number of rotatable bonds is 6. The van der Waals surface area contributed by atoms with Gasteiger partial charge in [-0.05, 0) is 47.9 Å². The Morgan fingerprint density at radius 3 is 2.37 bits per heavy atom. The second-order valence-corrected chi connectivity index (χ2v) is 11.2. The Kier molecular flexibility index (Phi) is 6.20. The van der Waals surface area contributed by atoms with Gasteiger partial charge < -0.3 is 19.7 Å². The number of amides is 1. The van der Waals surface area contributed by atoms with Gasteiger partial charge in [0.15, 0.2) is 11.6 Å². The molecule has 0 saturated carbocycles. The third-order valence-electron chi connectivity index (χ3n) is 9.13. The van der Waals surface area contributed by atoms with Crippen molar-refractivity contribution in [3.05, 3.63) is 131 Å². The Morgan fingerprint density at radius 1 is 0.860 bits per heavy atom. The first kappa shape index (κ1) is 26.7. The number of Topliss-reactive ketones (excluding diaryl/α,β-unsaturated/α-hetero) is 2. The number of nitrogens with zero attached hydrogens (tertiary/aromatic N) is 1. The molecule has 0 radical (unpaired) electrons. The number of hydrogen-bond donors (Lipinski definition) is 1. The minimum absolute atomic E-state index is 0.228. The minimum Gasteiger partial charge on any atom is -0.497 e. The summed E-state index contributed by atoms with van der Waals surface area (Å²) in [6, 6.07) is 26.1. The van der Waals surface area contributed by atoms with Crippen molar-refractivity contribution in [2.75, 3.05) is 19.5 Å². The predicted molar refractivity (Wildman–Crippen MR) is 163 cm³/mol. The van der Waals surface area contributed by atoms with Crippen molar-refractivity contribution in [3.63, 3.8) is 0 Å². The zero-order chi connectivity index (χ0) is 29.9. The lowest BCUT2D eigenvalue weighted by molar-refractivity contribution is -0.122. The van der Waals surface area contributed by atoms with Gasteiger partial charge in [0.1, 0.15) is 23.0 Å². The zero-order valence-corrected chi connectivity index (χ0v) is 24.0. The number of carbonyl (C=O) groups excluding carboxylic acids is 3. The van der Waals surface area contributed by atoms with Crippen LogP contribution in [0, 0.1) is 12.8 Å². The Balaban J connectivity index is 1.54. The fourth-order valence-electron chi connectivity index (χ4n) is 7.23. The van der Waals surface area contributed by atoms with E-state index in [0.717, 1.165) is 16.7 Å². The number of nitrogens with one attached hydrogen (secondary N) is 1. The molecule has 7 rings (SSSR count). The van der Waals surface area contributed by atoms with Crippen LogP contribution >= 0.6 is 0 Å². The standard InChI is InChI=1S/C36H30N2O5/c1-21-12-14-23(15-13-21)32(39)31-30(33(40)26-17-16-24(42-2)20-29(26)43-3)36(27-10-6-7-11-28(27)37-35(36)41)34-25-9-5-4-8-22(25)18-19-38(31)34/h4-20,30-31,34H,1-3H3,(H,37,41)/t30-,31+,34-,36-/m0/s1. The SMILES string of the molecule is COc1ccc(C(=O)[C@@H]2[C@H](C(=O)c3ccc(C)cc3)N3C=Cc4ccccc4[C@H]3[C@@]23C(=O)Nc2ccccc23)c(OC)c1. The van der Waals surface area contributed by atoms with E-state index in [-0.39, 0.29) is 23.0 Å². The summed E-state index contributed by atoms with van der Waals surface area (Å²) in [6.45, 7) is 1.96. The Morgan fingerprint density at radius 2 is 1.60 bits per heavy atom. The molecule has 4 aromatic carbocycles. The third-order valence-corrected chi connectivity index (χ3v) is 9.13. The summed E-state index contributed by atoms with van der Waals surface area (Å²) in [6.07, 6.45) is 3.83. The number of anilines is 1. The topological polar surface area (TPSA) is 84.9 Å². The maximum Gasteiger partial charge on any atom is 0.238 e. The quantitative estimate of drug-likeness (QED) is 0.287. The second-order valence-electron chi connectivity index (χ2n) is 11.2. The molecule has 7 nitrogen and oxygen atoms in total. The highest BCUT2D eigenvalue weighted by molar-refractivity contribution is 6.17. The van der Waals surface area contributed by atoms with E-state index in [4.69, 9.17) is 9.47 Å². The van der Waals surface area contributed by atoms with Crippen LogP contribution in [0.1, 0.15) is 49.0 Å². The van der Waals surface area contributed by atoms with Crippen LogP contribution in [-0.4, -0.2) is 42.6 Å². The molecule has 1 amide bonds. The number of hydrogen-bond acceptors (Lipinski definition) is 6. The van der Waals surface area contributed by atoms with Crippen molar-refractivity contribution < 1.29 is 23.9 Å². The van der Waals surface area contributed by atoms with Crippen LogP contribution in [0.3, 0.4) is 0 Å². The van der Waals surface area contributed by atoms with E-state index in [1.54, 1.807) is 37.4 Å². The normalized spacial score (nSPS) is 22.9. The van der Waals surface area contributed by atoms with Gasteiger partial charge in [-0.3, -0.25) is 14.4 Å². The summed E-state index contributed by atoms with van der Waals surface area (Å²) < 4.78 is 11.1. The molecule has 0 unspecified atom stereocenters. The third kappa shape index (κ3) is 3.77. The van der Waals surface area contributed by atoms with Crippen LogP contribution in [0.25, 0.3) is 6.08 Å². The molecule has 3 aliphatic rings. The van der Waals surface area contributed by atoms with Gasteiger partial charge in [0.25, 0.3) is 0 Å². The molecule has 1 saturated heterocycles. The van der Waals surface area contributed by atoms with Gasteiger partial charge in [-0.15, -0.1) is 0 Å². The molecule has 4 atom stereocenters. The molecule has 0 aliphatic carbocycles. The van der Waals surface area contributed by atoms with Crippen molar-refractivity contribution in [1.29, 1.82) is 0 Å². The number of methoxy groups -OCH3 is 2. The number of benzene rings is 4. The fourth-order valence-corrected chi connectivity index (χ4v) is 7.23. The first-order valence-corrected chi connectivity index (χ1v) is 14.2. The van der Waals surface area contributed by atoms with Crippen LogP contribution in [-0.2, 0) is 10.2 Å². The van der Waals surface area contributed by atoms with Crippen molar-refractivity contribution >= 4 is 29.2 Å². The zero-order valence-electron chi connectivity index (χ0n) is 24.0. The van der Waals surface area contributed by atoms with Crippen LogP contribution in [0.5, 0.6) is 11.5 Å². The molecule has 3 aliphatic heterocycles. The molecule has 0 bridgehead atoms. The maximum absolute atomic E-state index is 15.1. The lowest BCUT2D eigenvalue weighted by atomic mass is 9.62. The molecule has 43 heavy (non-hydrogen) atoms. The van der Waals surface area contributed by atoms with E-state index < -0.39 is 23.4 Å². The van der Waals surface area contributed by atoms with Crippen LogP contribution in [0.4, 0.5) is 5.69 Å². The summed E-state index contributed by atoms with van der Waals surface area (Å²) >= 11 is 0. The number of para-hydroxylation sites is 1. The molecule has 1 N–H and O–H groups in total. The van der Waals surface area contributed by atoms with E-state index in [1.807, 2.05) is 84.8 Å². The number of ketones is 2. The summed E-state index contributed by atoms with van der Waals surface area (Å²) in [5, 5.41) is 3.08. The van der Waals surface area contributed by atoms with E-state index in [0.29, 0.717) is 28.3 Å². The molecular weight excluding hydrogens is 540 g/mol. The number of carbonyl (C=O) groups is 3. The number of ether oxygens (including phenoxy) is 2. The highest BCUT2D eigenvalue weighted by Gasteiger charge is 2.70.